The zero-order valence-electron chi connectivity index (χ0n) is 30.7. The molecule has 4 aromatic heterocycles. The molecule has 1 amide bonds. The first-order chi connectivity index (χ1) is 25.3. The number of pyridine rings is 3. The van der Waals surface area contributed by atoms with Crippen LogP contribution < -0.4 is 33.6 Å². The van der Waals surface area contributed by atoms with Crippen molar-refractivity contribution in [3.8, 4) is 0 Å². The van der Waals surface area contributed by atoms with Gasteiger partial charge in [0, 0.05) is 76.5 Å². The quantitative estimate of drug-likeness (QED) is 0.177. The summed E-state index contributed by atoms with van der Waals surface area (Å²) in [5.41, 5.74) is 21.9. The number of carbonyl (C=O) groups excluding carboxylic acids is 3. The average Bonchev–Trinajstić information content (AvgIpc) is 3.48. The number of nitrogens with one attached hydrogen (secondary N) is 3. The molecule has 7 rings (SSSR count). The Morgan fingerprint density at radius 3 is 1.94 bits per heavy atom. The van der Waals surface area contributed by atoms with Crippen molar-refractivity contribution in [2.24, 2.45) is 0 Å². The third-order valence-electron chi connectivity index (χ3n) is 8.45. The van der Waals surface area contributed by atoms with Crippen molar-refractivity contribution in [3.05, 3.63) is 65.5 Å². The van der Waals surface area contributed by atoms with Crippen molar-refractivity contribution in [2.45, 2.75) is 70.9 Å². The number of carbonyl (C=O) groups is 3. The molecule has 0 aliphatic carbocycles. The van der Waals surface area contributed by atoms with Gasteiger partial charge in [0.2, 0.25) is 0 Å². The van der Waals surface area contributed by atoms with Gasteiger partial charge in [0.1, 0.15) is 28.8 Å². The predicted octanol–water partition coefficient (Wildman–Crippen LogP) is 3.14. The van der Waals surface area contributed by atoms with E-state index in [1.54, 1.807) is 35.6 Å². The van der Waals surface area contributed by atoms with Crippen LogP contribution in [0, 0.1) is 0 Å². The monoisotopic (exact) mass is 732 g/mol. The van der Waals surface area contributed by atoms with Crippen molar-refractivity contribution in [2.75, 3.05) is 61.9 Å². The molecule has 3 saturated heterocycles. The molecule has 0 unspecified atom stereocenters. The summed E-state index contributed by atoms with van der Waals surface area (Å²) in [4.78, 5) is 61.6. The highest BCUT2D eigenvalue weighted by Gasteiger charge is 2.25. The summed E-state index contributed by atoms with van der Waals surface area (Å²) in [5, 5.41) is 5.30. The molecular formula is C36H52N12O5. The SMILES string of the molecule is CC(C)(C)OC(=O)N1CCC(=O)CC1.Nc1cccnc1N.Nc1ncccc1NN1CCC(=O)CC1.O=c1[nH]c2ncccc2n1C1CCNCC1. The van der Waals surface area contributed by atoms with Gasteiger partial charge in [-0.25, -0.2) is 29.5 Å². The lowest BCUT2D eigenvalue weighted by Gasteiger charge is -2.29. The summed E-state index contributed by atoms with van der Waals surface area (Å²) in [5.74, 6) is 1.43. The fourth-order valence-corrected chi connectivity index (χ4v) is 5.63. The zero-order valence-corrected chi connectivity index (χ0v) is 30.7. The van der Waals surface area contributed by atoms with Gasteiger partial charge in [-0.15, -0.1) is 0 Å². The lowest BCUT2D eigenvalue weighted by molar-refractivity contribution is -0.122. The van der Waals surface area contributed by atoms with Crippen molar-refractivity contribution < 1.29 is 19.1 Å². The molecule has 3 fully saturated rings. The third kappa shape index (κ3) is 12.9. The number of rotatable bonds is 3. The molecule has 3 aliphatic rings. The smallest absolute Gasteiger partial charge is 0.410 e. The van der Waals surface area contributed by atoms with Crippen LogP contribution in [0.3, 0.4) is 0 Å². The topological polar surface area (TPSA) is 245 Å². The minimum absolute atomic E-state index is 0.0411. The molecule has 17 nitrogen and oxygen atoms in total. The first-order valence-corrected chi connectivity index (χ1v) is 17.8. The number of hydrogen-bond donors (Lipinski definition) is 6. The van der Waals surface area contributed by atoms with Crippen LogP contribution in [0.4, 0.5) is 27.8 Å². The van der Waals surface area contributed by atoms with Gasteiger partial charge in [0.05, 0.1) is 16.9 Å². The predicted molar refractivity (Wildman–Crippen MR) is 205 cm³/mol. The second kappa shape index (κ2) is 19.3. The van der Waals surface area contributed by atoms with E-state index in [0.717, 1.165) is 50.2 Å². The Kier molecular flexibility index (Phi) is 14.7. The van der Waals surface area contributed by atoms with Crippen LogP contribution >= 0.6 is 0 Å². The number of Topliss-reactive ketones (excluding diaryl/α,β-unsaturated/α-hetero) is 2. The van der Waals surface area contributed by atoms with Crippen molar-refractivity contribution in [1.29, 1.82) is 0 Å². The standard InChI is InChI=1S/C11H14N4O.C10H14N4O.C10H17NO3.C5H7N3/c16-11-14-10-9(2-1-5-13-10)15(11)8-3-6-12-7-4-8;11-10-9(2-1-5-12-10)13-14-6-3-8(15)4-7-14;1-10(2,3)14-9(13)11-6-4-8(12)5-7-11;6-4-2-1-3-8-5(4)7/h1-2,5,8,12H,3-4,6-7H2,(H,13,14,16);1-2,5,13H,3-4,6-7H2,(H2,11,12);4-7H2,1-3H3;1-3H,6H2,(H2,7,8). The first-order valence-electron chi connectivity index (χ1n) is 17.8. The van der Waals surface area contributed by atoms with Gasteiger partial charge in [0.15, 0.2) is 5.65 Å². The molecular weight excluding hydrogens is 680 g/mol. The number of anilines is 4. The lowest BCUT2D eigenvalue weighted by Crippen LogP contribution is -2.41. The Labute approximate surface area is 308 Å². The van der Waals surface area contributed by atoms with Gasteiger partial charge in [-0.1, -0.05) is 0 Å². The van der Waals surface area contributed by atoms with Crippen molar-refractivity contribution in [1.82, 2.24) is 39.7 Å². The summed E-state index contributed by atoms with van der Waals surface area (Å²) >= 11 is 0. The highest BCUT2D eigenvalue weighted by Crippen LogP contribution is 2.21. The number of aromatic amines is 1. The minimum Gasteiger partial charge on any atom is -0.444 e. The summed E-state index contributed by atoms with van der Waals surface area (Å²) in [6.07, 6.45) is 8.77. The molecule has 0 spiro atoms. The van der Waals surface area contributed by atoms with E-state index in [9.17, 15) is 19.2 Å². The van der Waals surface area contributed by atoms with Crippen LogP contribution in [-0.2, 0) is 14.3 Å². The van der Waals surface area contributed by atoms with E-state index in [1.807, 2.05) is 54.6 Å². The number of nitrogens with two attached hydrogens (primary N) is 3. The number of H-pyrrole nitrogens is 1. The van der Waals surface area contributed by atoms with Crippen LogP contribution in [0.2, 0.25) is 0 Å². The first kappa shape index (κ1) is 40.2. The number of amides is 1. The fourth-order valence-electron chi connectivity index (χ4n) is 5.63. The second-order valence-corrected chi connectivity index (χ2v) is 13.7. The number of likely N-dealkylation sites (tertiary alicyclic amines) is 1. The number of hydrazine groups is 1. The summed E-state index contributed by atoms with van der Waals surface area (Å²) in [7, 11) is 0. The maximum Gasteiger partial charge on any atom is 0.410 e. The van der Waals surface area contributed by atoms with Crippen LogP contribution in [0.5, 0.6) is 0 Å². The number of nitrogens with zero attached hydrogens (tertiary/aromatic N) is 6. The summed E-state index contributed by atoms with van der Waals surface area (Å²) in [6.45, 7) is 9.90. The molecule has 7 heterocycles. The lowest BCUT2D eigenvalue weighted by atomic mass is 10.1. The molecule has 0 saturated carbocycles. The van der Waals surface area contributed by atoms with Crippen LogP contribution in [0.25, 0.3) is 11.2 Å². The molecule has 0 aromatic carbocycles. The van der Waals surface area contributed by atoms with E-state index >= 15 is 0 Å². The highest BCUT2D eigenvalue weighted by molar-refractivity contribution is 5.81. The zero-order chi connectivity index (χ0) is 38.4. The Bertz CT molecular complexity index is 1820. The number of imidazole rings is 1. The molecule has 3 aliphatic heterocycles. The Hall–Kier alpha value is -5.55. The fraction of sp³-hybridized carbons (Fsp3) is 0.472. The van der Waals surface area contributed by atoms with E-state index in [0.29, 0.717) is 73.6 Å². The Morgan fingerprint density at radius 1 is 0.811 bits per heavy atom. The molecule has 9 N–H and O–H groups in total. The minimum atomic E-state index is -0.460. The molecule has 0 atom stereocenters. The number of nitrogen functional groups attached to an aromatic ring is 3. The largest absolute Gasteiger partial charge is 0.444 e. The summed E-state index contributed by atoms with van der Waals surface area (Å²) < 4.78 is 7.04. The van der Waals surface area contributed by atoms with Gasteiger partial charge in [-0.2, -0.15) is 0 Å². The van der Waals surface area contributed by atoms with Crippen LogP contribution in [0.1, 0.15) is 65.3 Å². The average molecular weight is 733 g/mol. The van der Waals surface area contributed by atoms with Gasteiger partial charge in [0.25, 0.3) is 0 Å². The second-order valence-electron chi connectivity index (χ2n) is 13.7. The number of ether oxygens (including phenoxy) is 1. The van der Waals surface area contributed by atoms with E-state index in [1.165, 1.54) is 0 Å². The molecule has 53 heavy (non-hydrogen) atoms. The van der Waals surface area contributed by atoms with Gasteiger partial charge in [-0.05, 0) is 83.1 Å². The van der Waals surface area contributed by atoms with E-state index < -0.39 is 5.60 Å². The van der Waals surface area contributed by atoms with Crippen molar-refractivity contribution >= 4 is 51.8 Å². The Morgan fingerprint density at radius 2 is 1.38 bits per heavy atom. The normalized spacial score (nSPS) is 16.6. The van der Waals surface area contributed by atoms with E-state index in [-0.39, 0.29) is 17.6 Å². The van der Waals surface area contributed by atoms with Crippen molar-refractivity contribution in [3.63, 3.8) is 0 Å². The third-order valence-corrected chi connectivity index (χ3v) is 8.45. The number of ketones is 2. The maximum atomic E-state index is 11.9. The van der Waals surface area contributed by atoms with Gasteiger partial charge >= 0.3 is 11.8 Å². The number of fused-ring (bicyclic) bond motifs is 1. The highest BCUT2D eigenvalue weighted by atomic mass is 16.6. The Balaban J connectivity index is 0.000000162. The van der Waals surface area contributed by atoms with Crippen LogP contribution in [-0.4, -0.2) is 96.9 Å². The van der Waals surface area contributed by atoms with E-state index in [2.05, 4.69) is 30.7 Å². The summed E-state index contributed by atoms with van der Waals surface area (Å²) in [6, 6.07) is 11.3. The molecule has 4 aromatic rings. The number of aromatic nitrogens is 5. The van der Waals surface area contributed by atoms with E-state index in [4.69, 9.17) is 21.9 Å². The van der Waals surface area contributed by atoms with Gasteiger partial charge < -0.3 is 37.6 Å². The van der Waals surface area contributed by atoms with Crippen LogP contribution in [0.15, 0.2) is 59.8 Å². The molecule has 286 valence electrons. The number of hydrogen-bond acceptors (Lipinski definition) is 14. The molecule has 0 bridgehead atoms. The van der Waals surface area contributed by atoms with Gasteiger partial charge in [-0.3, -0.25) is 19.1 Å². The maximum absolute atomic E-state index is 11.9. The molecule has 17 heteroatoms. The number of piperidine rings is 3. The molecule has 0 radical (unpaired) electrons.